The van der Waals surface area contributed by atoms with Crippen LogP contribution in [0, 0.1) is 56.7 Å². The number of rotatable bonds is 4. The number of carbonyl (C=O) groups excluding carboxylic acids is 2. The van der Waals surface area contributed by atoms with Crippen LogP contribution >= 0.6 is 0 Å². The summed E-state index contributed by atoms with van der Waals surface area (Å²) in [6.07, 6.45) is 13.9. The van der Waals surface area contributed by atoms with E-state index in [1.807, 2.05) is 0 Å². The van der Waals surface area contributed by atoms with Crippen LogP contribution in [-0.2, 0) is 19.1 Å². The van der Waals surface area contributed by atoms with Gasteiger partial charge in [-0.3, -0.25) is 4.79 Å². The zero-order chi connectivity index (χ0) is 33.8. The van der Waals surface area contributed by atoms with Gasteiger partial charge < -0.3 is 24.4 Å². The number of aliphatic hydroxyl groups is 1. The predicted octanol–water partition coefficient (Wildman–Crippen LogP) is 7.49. The molecule has 1 aromatic rings. The molecule has 1 aromatic carbocycles. The van der Waals surface area contributed by atoms with Gasteiger partial charge in [-0.15, -0.1) is 0 Å². The quantitative estimate of drug-likeness (QED) is 0.199. The summed E-state index contributed by atoms with van der Waals surface area (Å²) in [4.78, 5) is 28.1. The van der Waals surface area contributed by atoms with E-state index in [4.69, 9.17) is 14.2 Å². The number of phenols is 1. The van der Waals surface area contributed by atoms with Crippen LogP contribution in [-0.4, -0.2) is 47.6 Å². The lowest BCUT2D eigenvalue weighted by molar-refractivity contribution is -0.289. The van der Waals surface area contributed by atoms with Gasteiger partial charge in [-0.25, -0.2) is 4.79 Å². The zero-order valence-corrected chi connectivity index (χ0v) is 29.3. The molecule has 7 heteroatoms. The molecule has 7 nitrogen and oxygen atoms in total. The van der Waals surface area contributed by atoms with Crippen LogP contribution in [0.4, 0.5) is 0 Å². The van der Waals surface area contributed by atoms with Crippen molar-refractivity contribution in [2.45, 2.75) is 105 Å². The Hall–Kier alpha value is -2.80. The van der Waals surface area contributed by atoms with E-state index in [1.54, 1.807) is 18.2 Å². The molecule has 2 N–H and O–H groups in total. The van der Waals surface area contributed by atoms with E-state index < -0.39 is 28.5 Å². The number of esters is 2. The molecule has 6 fully saturated rings. The highest BCUT2D eigenvalue weighted by Gasteiger charge is 2.76. The minimum Gasteiger partial charge on any atom is -0.504 e. The molecule has 7 bridgehead atoms. The number of phenolic OH excluding ortho intramolecular Hbond substituents is 1. The normalized spacial score (nSPS) is 48.4. The number of hydrogen-bond donors (Lipinski definition) is 2. The minimum absolute atomic E-state index is 0.0359. The van der Waals surface area contributed by atoms with Gasteiger partial charge in [0.25, 0.3) is 0 Å². The van der Waals surface area contributed by atoms with Crippen LogP contribution in [0.25, 0.3) is 6.08 Å². The molecule has 7 aliphatic rings. The Kier molecular flexibility index (Phi) is 7.38. The number of aromatic hydroxyl groups is 1. The standard InChI is InChI=1S/C40H54O7/c1-24-12-18-39-21-20-38(6)37(5)17-13-29-35(3,30(37)14-19-40(38,44)33(39)25(24)2)16-15-31(36(29,4)23-46-34(39)43)47-32(42)11-9-26-8-10-27(41)28(22-26)45-7/h8-11,14,19,22,24-25,29-31,33,41,44H,12-13,15-18,20-21,23H2,1-7H3/t24-,25+,29-,30-,31+,33?,35+,36-,37-,38+,39+,40+/m1/s1. The zero-order valence-electron chi connectivity index (χ0n) is 29.3. The van der Waals surface area contributed by atoms with Gasteiger partial charge in [0.1, 0.15) is 12.7 Å². The highest BCUT2D eigenvalue weighted by Crippen LogP contribution is 2.77. The lowest BCUT2D eigenvalue weighted by atomic mass is 9.31. The van der Waals surface area contributed by atoms with Gasteiger partial charge in [-0.2, -0.15) is 0 Å². The molecule has 1 unspecified atom stereocenters. The molecule has 8 rings (SSSR count). The lowest BCUT2D eigenvalue weighted by Crippen LogP contribution is -2.75. The Bertz CT molecular complexity index is 1530. The van der Waals surface area contributed by atoms with Crippen molar-refractivity contribution < 1.29 is 34.0 Å². The van der Waals surface area contributed by atoms with Gasteiger partial charge in [0.15, 0.2) is 11.5 Å². The first-order chi connectivity index (χ1) is 22.1. The lowest BCUT2D eigenvalue weighted by Gasteiger charge is -2.74. The summed E-state index contributed by atoms with van der Waals surface area (Å²) >= 11 is 0. The molecule has 5 aliphatic carbocycles. The maximum atomic E-state index is 14.6. The Morgan fingerprint density at radius 1 is 1.00 bits per heavy atom. The van der Waals surface area contributed by atoms with E-state index >= 15 is 0 Å². The summed E-state index contributed by atoms with van der Waals surface area (Å²) in [5.74, 6) is 0.532. The molecular formula is C40H54O7. The SMILES string of the molecule is COc1cc(C=CC(=O)O[C@H]2CC[C@@]3(C)[C@H]4CC[C@]5(C)[C@@H]3C=C[C@]3(O)C6[C@@H](C)[C@H](C)CC[C@@]6(CC[C@]35C)C(=O)OC[C@]42C)ccc1O. The van der Waals surface area contributed by atoms with Crippen LogP contribution in [0.2, 0.25) is 0 Å². The van der Waals surface area contributed by atoms with Gasteiger partial charge in [0.05, 0.1) is 18.1 Å². The van der Waals surface area contributed by atoms with E-state index in [1.165, 1.54) is 19.3 Å². The molecule has 47 heavy (non-hydrogen) atoms. The molecule has 256 valence electrons. The second kappa shape index (κ2) is 10.6. The second-order valence-corrected chi connectivity index (χ2v) is 17.3. The van der Waals surface area contributed by atoms with Crippen molar-refractivity contribution in [1.29, 1.82) is 0 Å². The molecule has 2 aliphatic heterocycles. The summed E-state index contributed by atoms with van der Waals surface area (Å²) in [6, 6.07) is 4.92. The highest BCUT2D eigenvalue weighted by molar-refractivity contribution is 5.87. The Morgan fingerprint density at radius 3 is 2.51 bits per heavy atom. The van der Waals surface area contributed by atoms with Crippen molar-refractivity contribution in [2.24, 2.45) is 56.7 Å². The van der Waals surface area contributed by atoms with E-state index in [9.17, 15) is 19.8 Å². The summed E-state index contributed by atoms with van der Waals surface area (Å²) in [6.45, 7) is 14.1. The third-order valence-corrected chi connectivity index (χ3v) is 15.7. The number of carbonyl (C=O) groups is 2. The maximum absolute atomic E-state index is 14.6. The van der Waals surface area contributed by atoms with Gasteiger partial charge in [0.2, 0.25) is 0 Å². The Balaban J connectivity index is 1.28. The van der Waals surface area contributed by atoms with Gasteiger partial charge in [-0.1, -0.05) is 59.8 Å². The average Bonchev–Trinajstić information content (AvgIpc) is 3.03. The largest absolute Gasteiger partial charge is 0.504 e. The molecule has 0 aromatic heterocycles. The van der Waals surface area contributed by atoms with Crippen molar-refractivity contribution in [2.75, 3.05) is 13.7 Å². The number of ether oxygens (including phenoxy) is 3. The first-order valence-corrected chi connectivity index (χ1v) is 17.9. The van der Waals surface area contributed by atoms with Crippen molar-refractivity contribution in [3.05, 3.63) is 42.0 Å². The third-order valence-electron chi connectivity index (χ3n) is 15.7. The molecule has 1 spiro atoms. The van der Waals surface area contributed by atoms with Gasteiger partial charge >= 0.3 is 11.9 Å². The van der Waals surface area contributed by atoms with Crippen LogP contribution in [0.3, 0.4) is 0 Å². The van der Waals surface area contributed by atoms with E-state index in [2.05, 4.69) is 53.7 Å². The van der Waals surface area contributed by atoms with Gasteiger partial charge in [-0.05, 0) is 110 Å². The molecule has 0 radical (unpaired) electrons. The van der Waals surface area contributed by atoms with Crippen molar-refractivity contribution >= 4 is 18.0 Å². The first kappa shape index (κ1) is 32.7. The highest BCUT2D eigenvalue weighted by atomic mass is 16.6. The van der Waals surface area contributed by atoms with Crippen LogP contribution < -0.4 is 4.74 Å². The molecule has 2 saturated heterocycles. The number of methoxy groups -OCH3 is 1. The number of hydrogen-bond acceptors (Lipinski definition) is 7. The smallest absolute Gasteiger partial charge is 0.331 e. The minimum atomic E-state index is -1.09. The van der Waals surface area contributed by atoms with E-state index in [-0.39, 0.29) is 58.2 Å². The summed E-state index contributed by atoms with van der Waals surface area (Å²) in [5, 5.41) is 23.1. The van der Waals surface area contributed by atoms with E-state index in [0.29, 0.717) is 23.7 Å². The van der Waals surface area contributed by atoms with Crippen molar-refractivity contribution in [3.8, 4) is 11.5 Å². The third kappa shape index (κ3) is 4.20. The predicted molar refractivity (Wildman–Crippen MR) is 179 cm³/mol. The summed E-state index contributed by atoms with van der Waals surface area (Å²) in [7, 11) is 1.49. The molecular weight excluding hydrogens is 592 g/mol. The van der Waals surface area contributed by atoms with Crippen molar-refractivity contribution in [3.63, 3.8) is 0 Å². The summed E-state index contributed by atoms with van der Waals surface area (Å²) in [5.41, 5.74) is -2.33. The second-order valence-electron chi connectivity index (χ2n) is 17.3. The molecule has 4 saturated carbocycles. The average molecular weight is 647 g/mol. The molecule has 0 amide bonds. The van der Waals surface area contributed by atoms with Crippen LogP contribution in [0.15, 0.2) is 36.4 Å². The topological polar surface area (TPSA) is 102 Å². The van der Waals surface area contributed by atoms with Crippen LogP contribution in [0.5, 0.6) is 11.5 Å². The number of fused-ring (bicyclic) bond motifs is 4. The van der Waals surface area contributed by atoms with Gasteiger partial charge in [0, 0.05) is 22.8 Å². The fourth-order valence-corrected chi connectivity index (χ4v) is 12.7. The first-order valence-electron chi connectivity index (χ1n) is 17.9. The van der Waals surface area contributed by atoms with Crippen molar-refractivity contribution in [1.82, 2.24) is 0 Å². The molecule has 2 heterocycles. The maximum Gasteiger partial charge on any atom is 0.331 e. The number of allylic oxidation sites excluding steroid dienone is 1. The molecule has 12 atom stereocenters. The monoisotopic (exact) mass is 646 g/mol. The van der Waals surface area contributed by atoms with E-state index in [0.717, 1.165) is 44.9 Å². The Labute approximate surface area is 280 Å². The van der Waals surface area contributed by atoms with Crippen LogP contribution in [0.1, 0.15) is 98.5 Å². The fraction of sp³-hybridized carbons (Fsp3) is 0.700. The Morgan fingerprint density at radius 2 is 1.77 bits per heavy atom. The summed E-state index contributed by atoms with van der Waals surface area (Å²) < 4.78 is 18.1. The fourth-order valence-electron chi connectivity index (χ4n) is 12.7. The number of benzene rings is 1.